The van der Waals surface area contributed by atoms with Crippen LogP contribution in [-0.2, 0) is 0 Å². The molecule has 0 aromatic carbocycles. The van der Waals surface area contributed by atoms with Gasteiger partial charge < -0.3 is 0 Å². The summed E-state index contributed by atoms with van der Waals surface area (Å²) in [5.41, 5.74) is -9.35. The fourth-order valence-corrected chi connectivity index (χ4v) is 5.48. The summed E-state index contributed by atoms with van der Waals surface area (Å²) in [4.78, 5) is 0. The highest BCUT2D eigenvalue weighted by Gasteiger charge is 2.68. The van der Waals surface area contributed by atoms with E-state index in [0.29, 0.717) is 32.9 Å². The highest BCUT2D eigenvalue weighted by atomic mass is 19.3. The summed E-state index contributed by atoms with van der Waals surface area (Å²) < 4.78 is 123. The SMILES string of the molecule is CC1(F)CCC(F)(F)C1.CCC1(F)CC(C)(F)C1.CCC1(F)CC(C)(F)C1.CCC1(F)CC1(F)CC.CF. The zero-order chi connectivity index (χ0) is 30.5. The number of alkyl halides is 10. The van der Waals surface area contributed by atoms with E-state index in [1.807, 2.05) is 0 Å². The van der Waals surface area contributed by atoms with Crippen LogP contribution in [0.5, 0.6) is 0 Å². The zero-order valence-corrected chi connectivity index (χ0v) is 24.3. The van der Waals surface area contributed by atoms with Gasteiger partial charge in [0.15, 0.2) is 0 Å². The summed E-state index contributed by atoms with van der Waals surface area (Å²) in [6.45, 7) is 11.0. The summed E-state index contributed by atoms with van der Waals surface area (Å²) in [6.07, 6.45) is 1.14. The normalized spacial score (nSPS) is 45.6. The van der Waals surface area contributed by atoms with E-state index in [-0.39, 0.29) is 44.9 Å². The fourth-order valence-electron chi connectivity index (χ4n) is 5.48. The van der Waals surface area contributed by atoms with Gasteiger partial charge in [-0.2, -0.15) is 0 Å². The van der Waals surface area contributed by atoms with Crippen LogP contribution in [0.4, 0.5) is 43.9 Å². The molecule has 0 heterocycles. The molecular formula is C28H48F10. The Kier molecular flexibility index (Phi) is 12.6. The van der Waals surface area contributed by atoms with Crippen LogP contribution < -0.4 is 0 Å². The molecule has 10 heteroatoms. The maximum Gasteiger partial charge on any atom is 0.251 e. The number of hydrogen-bond acceptors (Lipinski definition) is 0. The van der Waals surface area contributed by atoms with E-state index in [4.69, 9.17) is 0 Å². The van der Waals surface area contributed by atoms with Gasteiger partial charge in [0.1, 0.15) is 39.7 Å². The molecule has 4 aliphatic carbocycles. The van der Waals surface area contributed by atoms with Crippen molar-refractivity contribution in [2.24, 2.45) is 0 Å². The Morgan fingerprint density at radius 1 is 0.421 bits per heavy atom. The van der Waals surface area contributed by atoms with Gasteiger partial charge in [-0.25, -0.2) is 39.5 Å². The highest BCUT2D eigenvalue weighted by molar-refractivity contribution is 5.17. The smallest absolute Gasteiger partial charge is 0.251 e. The standard InChI is InChI=1S/3C7H12F2.C6H9F3.CH3F/c2*1-3-7(9)4-6(2,8)5-7;1-3-6(8)5-7(6,9)4-2;1-5(7)2-3-6(8,9)4-5;1-2/h3*3-5H2,1-2H3;2-4H2,1H3;1H3. The van der Waals surface area contributed by atoms with Crippen LogP contribution >= 0.6 is 0 Å². The third-order valence-electron chi connectivity index (χ3n) is 8.01. The highest BCUT2D eigenvalue weighted by Crippen LogP contribution is 2.58. The lowest BCUT2D eigenvalue weighted by Gasteiger charge is -2.43. The van der Waals surface area contributed by atoms with Gasteiger partial charge >= 0.3 is 0 Å². The van der Waals surface area contributed by atoms with Crippen molar-refractivity contribution < 1.29 is 43.9 Å². The van der Waals surface area contributed by atoms with Gasteiger partial charge in [0.25, 0.3) is 5.92 Å². The summed E-state index contributed by atoms with van der Waals surface area (Å²) >= 11 is 0. The van der Waals surface area contributed by atoms with Gasteiger partial charge in [0.2, 0.25) is 0 Å². The first-order valence-corrected chi connectivity index (χ1v) is 13.5. The van der Waals surface area contributed by atoms with Gasteiger partial charge in [-0.3, -0.25) is 4.39 Å². The van der Waals surface area contributed by atoms with E-state index < -0.39 is 52.0 Å². The van der Waals surface area contributed by atoms with E-state index in [9.17, 15) is 43.9 Å². The lowest BCUT2D eigenvalue weighted by atomic mass is 9.70. The molecule has 4 rings (SSSR count). The Labute approximate surface area is 222 Å². The molecule has 0 N–H and O–H groups in total. The molecule has 0 amide bonds. The minimum atomic E-state index is -2.75. The molecule has 0 aromatic rings. The zero-order valence-electron chi connectivity index (χ0n) is 24.3. The molecule has 0 spiro atoms. The first-order valence-electron chi connectivity index (χ1n) is 13.5. The Hall–Kier alpha value is -0.700. The van der Waals surface area contributed by atoms with Crippen molar-refractivity contribution in [3.63, 3.8) is 0 Å². The van der Waals surface area contributed by atoms with Gasteiger partial charge in [-0.1, -0.05) is 27.7 Å². The van der Waals surface area contributed by atoms with E-state index >= 15 is 0 Å². The number of rotatable bonds is 4. The average molecular weight is 575 g/mol. The molecule has 0 saturated heterocycles. The van der Waals surface area contributed by atoms with E-state index in [0.717, 1.165) is 0 Å². The minimum Gasteiger partial charge on any atom is -0.255 e. The molecule has 4 fully saturated rings. The fraction of sp³-hybridized carbons (Fsp3) is 1.00. The number of hydrogen-bond donors (Lipinski definition) is 0. The topological polar surface area (TPSA) is 0 Å². The second-order valence-electron chi connectivity index (χ2n) is 12.3. The molecular weight excluding hydrogens is 526 g/mol. The molecule has 4 aliphatic rings. The second kappa shape index (κ2) is 12.9. The van der Waals surface area contributed by atoms with E-state index in [1.54, 1.807) is 27.7 Å². The average Bonchev–Trinajstić information content (AvgIpc) is 3.22. The van der Waals surface area contributed by atoms with E-state index in [1.165, 1.54) is 20.8 Å². The Morgan fingerprint density at radius 3 is 0.816 bits per heavy atom. The molecule has 4 saturated carbocycles. The van der Waals surface area contributed by atoms with Gasteiger partial charge in [-0.15, -0.1) is 0 Å². The van der Waals surface area contributed by atoms with Crippen LogP contribution in [0.2, 0.25) is 0 Å². The van der Waals surface area contributed by atoms with Crippen molar-refractivity contribution in [1.29, 1.82) is 0 Å². The first kappa shape index (κ1) is 37.3. The van der Waals surface area contributed by atoms with E-state index in [2.05, 4.69) is 0 Å². The largest absolute Gasteiger partial charge is 0.255 e. The van der Waals surface area contributed by atoms with Crippen LogP contribution in [-0.4, -0.2) is 52.8 Å². The lowest BCUT2D eigenvalue weighted by Crippen LogP contribution is -2.48. The van der Waals surface area contributed by atoms with Crippen molar-refractivity contribution in [2.75, 3.05) is 7.18 Å². The molecule has 3 atom stereocenters. The maximum atomic E-state index is 12.9. The maximum absolute atomic E-state index is 12.9. The molecule has 230 valence electrons. The summed E-state index contributed by atoms with van der Waals surface area (Å²) in [6, 6.07) is 0. The molecule has 38 heavy (non-hydrogen) atoms. The monoisotopic (exact) mass is 574 g/mol. The van der Waals surface area contributed by atoms with Gasteiger partial charge in [0, 0.05) is 44.9 Å². The summed E-state index contributed by atoms with van der Waals surface area (Å²) in [5, 5.41) is 0. The van der Waals surface area contributed by atoms with Crippen molar-refractivity contribution in [3.05, 3.63) is 0 Å². The first-order chi connectivity index (χ1) is 16.9. The van der Waals surface area contributed by atoms with Crippen LogP contribution in [0.15, 0.2) is 0 Å². The number of halogens is 10. The van der Waals surface area contributed by atoms with Crippen LogP contribution in [0.3, 0.4) is 0 Å². The van der Waals surface area contributed by atoms with Crippen molar-refractivity contribution in [2.45, 2.75) is 171 Å². The molecule has 3 unspecified atom stereocenters. The molecule has 0 radical (unpaired) electrons. The molecule has 0 aliphatic heterocycles. The van der Waals surface area contributed by atoms with Gasteiger partial charge in [-0.05, 0) is 52.9 Å². The quantitative estimate of drug-likeness (QED) is 0.293. The molecule has 0 aromatic heterocycles. The third kappa shape index (κ3) is 11.1. The van der Waals surface area contributed by atoms with Crippen LogP contribution in [0.25, 0.3) is 0 Å². The summed E-state index contributed by atoms with van der Waals surface area (Å²) in [7, 11) is 0.500. The molecule has 0 bridgehead atoms. The predicted octanol–water partition coefficient (Wildman–Crippen LogP) is 11.0. The lowest BCUT2D eigenvalue weighted by molar-refractivity contribution is -0.0793. The third-order valence-corrected chi connectivity index (χ3v) is 8.01. The minimum absolute atomic E-state index is 0. The van der Waals surface area contributed by atoms with Crippen LogP contribution in [0, 0.1) is 0 Å². The Bertz CT molecular complexity index is 646. The molecule has 0 nitrogen and oxygen atoms in total. The Morgan fingerprint density at radius 2 is 0.737 bits per heavy atom. The van der Waals surface area contributed by atoms with Crippen molar-refractivity contribution in [3.8, 4) is 0 Å². The van der Waals surface area contributed by atoms with Gasteiger partial charge in [0.05, 0.1) is 7.18 Å². The van der Waals surface area contributed by atoms with Crippen molar-refractivity contribution in [1.82, 2.24) is 0 Å². The second-order valence-corrected chi connectivity index (χ2v) is 12.3. The Balaban J connectivity index is 0.000000470. The summed E-state index contributed by atoms with van der Waals surface area (Å²) in [5.74, 6) is -2.75. The van der Waals surface area contributed by atoms with Crippen LogP contribution in [0.1, 0.15) is 126 Å². The predicted molar refractivity (Wildman–Crippen MR) is 134 cm³/mol. The van der Waals surface area contributed by atoms with Crippen molar-refractivity contribution >= 4 is 0 Å².